The molecule has 1 unspecified atom stereocenters. The Morgan fingerprint density at radius 1 is 1.16 bits per heavy atom. The van der Waals surface area contributed by atoms with Gasteiger partial charge in [0.25, 0.3) is 5.91 Å². The van der Waals surface area contributed by atoms with Crippen LogP contribution in [-0.2, 0) is 9.59 Å². The quantitative estimate of drug-likeness (QED) is 0.873. The molecule has 3 rings (SSSR count). The Labute approximate surface area is 146 Å². The molecular weight excluding hydrogens is 320 g/mol. The van der Waals surface area contributed by atoms with E-state index in [4.69, 9.17) is 9.47 Å². The molecule has 2 amide bonds. The fourth-order valence-electron chi connectivity index (χ4n) is 2.77. The molecule has 130 valence electrons. The smallest absolute Gasteiger partial charge is 0.258 e. The average Bonchev–Trinajstić information content (AvgIpc) is 3.01. The number of carbonyl (C=O) groups is 2. The first-order valence-corrected chi connectivity index (χ1v) is 8.07. The summed E-state index contributed by atoms with van der Waals surface area (Å²) in [5, 5.41) is 2.85. The topological polar surface area (TPSA) is 67.9 Å². The SMILES string of the molecule is COc1cccc(N2CC(NC(=O)COc3ccccc3)CC2=O)c1. The number of hydrogen-bond acceptors (Lipinski definition) is 4. The van der Waals surface area contributed by atoms with Gasteiger partial charge in [0, 0.05) is 24.7 Å². The molecule has 1 atom stereocenters. The van der Waals surface area contributed by atoms with Gasteiger partial charge >= 0.3 is 0 Å². The number of methoxy groups -OCH3 is 1. The average molecular weight is 340 g/mol. The molecule has 1 aliphatic rings. The van der Waals surface area contributed by atoms with Crippen LogP contribution in [0.2, 0.25) is 0 Å². The lowest BCUT2D eigenvalue weighted by atomic mass is 10.2. The van der Waals surface area contributed by atoms with Crippen LogP contribution in [0.3, 0.4) is 0 Å². The maximum absolute atomic E-state index is 12.2. The monoisotopic (exact) mass is 340 g/mol. The Morgan fingerprint density at radius 2 is 1.92 bits per heavy atom. The fraction of sp³-hybridized carbons (Fsp3) is 0.263. The van der Waals surface area contributed by atoms with Crippen molar-refractivity contribution in [1.29, 1.82) is 0 Å². The number of amides is 2. The number of rotatable bonds is 6. The minimum atomic E-state index is -0.242. The molecule has 1 saturated heterocycles. The maximum atomic E-state index is 12.2. The summed E-state index contributed by atoms with van der Waals surface area (Å²) in [6.07, 6.45) is 0.272. The molecule has 25 heavy (non-hydrogen) atoms. The molecule has 0 spiro atoms. The zero-order valence-corrected chi connectivity index (χ0v) is 14.0. The molecule has 6 heteroatoms. The number of ether oxygens (including phenoxy) is 2. The van der Waals surface area contributed by atoms with Crippen LogP contribution in [0, 0.1) is 0 Å². The first-order chi connectivity index (χ1) is 12.2. The number of anilines is 1. The Morgan fingerprint density at radius 3 is 2.68 bits per heavy atom. The highest BCUT2D eigenvalue weighted by Gasteiger charge is 2.31. The molecular formula is C19H20N2O4. The zero-order chi connectivity index (χ0) is 17.6. The van der Waals surface area contributed by atoms with Gasteiger partial charge in [-0.1, -0.05) is 24.3 Å². The van der Waals surface area contributed by atoms with Crippen molar-refractivity contribution >= 4 is 17.5 Å². The number of nitrogens with zero attached hydrogens (tertiary/aromatic N) is 1. The molecule has 2 aromatic carbocycles. The Balaban J connectivity index is 1.54. The van der Waals surface area contributed by atoms with Crippen molar-refractivity contribution in [2.75, 3.05) is 25.2 Å². The minimum Gasteiger partial charge on any atom is -0.497 e. The molecule has 6 nitrogen and oxygen atoms in total. The molecule has 0 radical (unpaired) electrons. The lowest BCUT2D eigenvalue weighted by Crippen LogP contribution is -2.39. The van der Waals surface area contributed by atoms with E-state index in [2.05, 4.69) is 5.32 Å². The third-order valence-electron chi connectivity index (χ3n) is 3.97. The van der Waals surface area contributed by atoms with Crippen molar-refractivity contribution in [3.05, 3.63) is 54.6 Å². The molecule has 1 heterocycles. The summed E-state index contributed by atoms with van der Waals surface area (Å²) in [6.45, 7) is 0.358. The van der Waals surface area contributed by atoms with Crippen molar-refractivity contribution in [3.8, 4) is 11.5 Å². The third kappa shape index (κ3) is 4.29. The van der Waals surface area contributed by atoms with Gasteiger partial charge < -0.3 is 19.7 Å². The highest BCUT2D eigenvalue weighted by Crippen LogP contribution is 2.25. The second kappa shape index (κ2) is 7.70. The fourth-order valence-corrected chi connectivity index (χ4v) is 2.77. The molecule has 1 aliphatic heterocycles. The maximum Gasteiger partial charge on any atom is 0.258 e. The van der Waals surface area contributed by atoms with Gasteiger partial charge in [0.15, 0.2) is 6.61 Å². The van der Waals surface area contributed by atoms with Crippen LogP contribution in [0.25, 0.3) is 0 Å². The van der Waals surface area contributed by atoms with E-state index in [0.29, 0.717) is 18.0 Å². The van der Waals surface area contributed by atoms with Crippen LogP contribution in [-0.4, -0.2) is 38.1 Å². The van der Waals surface area contributed by atoms with Crippen molar-refractivity contribution in [2.24, 2.45) is 0 Å². The van der Waals surface area contributed by atoms with E-state index in [1.165, 1.54) is 0 Å². The van der Waals surface area contributed by atoms with Crippen LogP contribution in [0.4, 0.5) is 5.69 Å². The summed E-state index contributed by atoms with van der Waals surface area (Å²) in [5.74, 6) is 1.06. The van der Waals surface area contributed by atoms with E-state index >= 15 is 0 Å². The predicted molar refractivity (Wildman–Crippen MR) is 93.8 cm³/mol. The largest absolute Gasteiger partial charge is 0.497 e. The lowest BCUT2D eigenvalue weighted by molar-refractivity contribution is -0.123. The van der Waals surface area contributed by atoms with Gasteiger partial charge in [-0.15, -0.1) is 0 Å². The van der Waals surface area contributed by atoms with Gasteiger partial charge in [-0.25, -0.2) is 0 Å². The summed E-state index contributed by atoms with van der Waals surface area (Å²) in [7, 11) is 1.58. The number of nitrogens with one attached hydrogen (secondary N) is 1. The van der Waals surface area contributed by atoms with Gasteiger partial charge in [-0.05, 0) is 24.3 Å². The Bertz CT molecular complexity index is 748. The summed E-state index contributed by atoms with van der Waals surface area (Å²) in [6, 6.07) is 16.2. The van der Waals surface area contributed by atoms with E-state index in [1.807, 2.05) is 36.4 Å². The number of carbonyl (C=O) groups excluding carboxylic acids is 2. The number of benzene rings is 2. The predicted octanol–water partition coefficient (Wildman–Crippen LogP) is 2.00. The minimum absolute atomic E-state index is 0.0254. The van der Waals surface area contributed by atoms with Crippen LogP contribution in [0.1, 0.15) is 6.42 Å². The van der Waals surface area contributed by atoms with Crippen LogP contribution >= 0.6 is 0 Å². The number of para-hydroxylation sites is 1. The van der Waals surface area contributed by atoms with E-state index in [1.54, 1.807) is 30.2 Å². The molecule has 1 fully saturated rings. The van der Waals surface area contributed by atoms with Gasteiger partial charge in [0.1, 0.15) is 11.5 Å². The molecule has 0 saturated carbocycles. The molecule has 1 N–H and O–H groups in total. The van der Waals surface area contributed by atoms with E-state index < -0.39 is 0 Å². The Hall–Kier alpha value is -3.02. The molecule has 2 aromatic rings. The lowest BCUT2D eigenvalue weighted by Gasteiger charge is -2.18. The van der Waals surface area contributed by atoms with Crippen molar-refractivity contribution < 1.29 is 19.1 Å². The molecule has 0 aliphatic carbocycles. The van der Waals surface area contributed by atoms with Gasteiger partial charge in [-0.2, -0.15) is 0 Å². The second-order valence-corrected chi connectivity index (χ2v) is 5.78. The van der Waals surface area contributed by atoms with Crippen molar-refractivity contribution in [3.63, 3.8) is 0 Å². The van der Waals surface area contributed by atoms with E-state index in [0.717, 1.165) is 5.69 Å². The molecule has 0 aromatic heterocycles. The van der Waals surface area contributed by atoms with Gasteiger partial charge in [0.05, 0.1) is 13.2 Å². The Kier molecular flexibility index (Phi) is 5.18. The summed E-state index contributed by atoms with van der Waals surface area (Å²) >= 11 is 0. The van der Waals surface area contributed by atoms with Gasteiger partial charge in [-0.3, -0.25) is 9.59 Å². The van der Waals surface area contributed by atoms with Crippen LogP contribution in [0.5, 0.6) is 11.5 Å². The zero-order valence-electron chi connectivity index (χ0n) is 14.0. The standard InChI is InChI=1S/C19H20N2O4/c1-24-17-9-5-6-15(11-17)21-12-14(10-19(21)23)20-18(22)13-25-16-7-3-2-4-8-16/h2-9,11,14H,10,12-13H2,1H3,(H,20,22). The van der Waals surface area contributed by atoms with Crippen molar-refractivity contribution in [1.82, 2.24) is 5.32 Å². The first-order valence-electron chi connectivity index (χ1n) is 8.07. The summed E-state index contributed by atoms with van der Waals surface area (Å²) < 4.78 is 10.6. The summed E-state index contributed by atoms with van der Waals surface area (Å²) in [4.78, 5) is 25.9. The third-order valence-corrected chi connectivity index (χ3v) is 3.97. The number of hydrogen-bond donors (Lipinski definition) is 1. The normalized spacial score (nSPS) is 16.6. The highest BCUT2D eigenvalue weighted by molar-refractivity contribution is 5.97. The summed E-state index contributed by atoms with van der Waals surface area (Å²) in [5.41, 5.74) is 0.765. The van der Waals surface area contributed by atoms with Crippen LogP contribution < -0.4 is 19.7 Å². The highest BCUT2D eigenvalue weighted by atomic mass is 16.5. The van der Waals surface area contributed by atoms with Crippen LogP contribution in [0.15, 0.2) is 54.6 Å². The van der Waals surface area contributed by atoms with E-state index in [9.17, 15) is 9.59 Å². The molecule has 0 bridgehead atoms. The first kappa shape index (κ1) is 16.8. The second-order valence-electron chi connectivity index (χ2n) is 5.78. The van der Waals surface area contributed by atoms with Gasteiger partial charge in [0.2, 0.25) is 5.91 Å². The van der Waals surface area contributed by atoms with E-state index in [-0.39, 0.29) is 30.9 Å². The van der Waals surface area contributed by atoms with Crippen molar-refractivity contribution in [2.45, 2.75) is 12.5 Å².